The molecule has 0 radical (unpaired) electrons. The first-order valence-corrected chi connectivity index (χ1v) is 5.60. The molecule has 0 spiro atoms. The lowest BCUT2D eigenvalue weighted by Crippen LogP contribution is -2.57. The van der Waals surface area contributed by atoms with E-state index >= 15 is 0 Å². The first-order chi connectivity index (χ1) is 7.58. The fourth-order valence-corrected chi connectivity index (χ4v) is 1.89. The summed E-state index contributed by atoms with van der Waals surface area (Å²) in [5, 5.41) is 2.28. The molecule has 0 bridgehead atoms. The number of imide groups is 1. The first-order valence-electron chi connectivity index (χ1n) is 4.81. The van der Waals surface area contributed by atoms with Crippen LogP contribution in [0.1, 0.15) is 6.92 Å². The monoisotopic (exact) mass is 283 g/mol. The maximum absolute atomic E-state index is 11.5. The second-order valence-corrected chi connectivity index (χ2v) is 4.35. The van der Waals surface area contributed by atoms with Gasteiger partial charge in [0, 0.05) is 0 Å². The number of amides is 2. The van der Waals surface area contributed by atoms with E-state index in [1.54, 1.807) is 24.0 Å². The molecule has 1 atom stereocenters. The Balaban J connectivity index is 2.32. The van der Waals surface area contributed by atoms with Crippen LogP contribution in [0.25, 0.3) is 0 Å². The highest BCUT2D eigenvalue weighted by Gasteiger charge is 2.30. The molecule has 0 aromatic carbocycles. The van der Waals surface area contributed by atoms with E-state index in [2.05, 4.69) is 26.2 Å². The number of piperazine rings is 1. The summed E-state index contributed by atoms with van der Waals surface area (Å²) >= 11 is 3.26. The van der Waals surface area contributed by atoms with E-state index in [0.717, 1.165) is 0 Å². The van der Waals surface area contributed by atoms with E-state index in [1.165, 1.54) is 0 Å². The number of hydrogen-bond donors (Lipinski definition) is 1. The van der Waals surface area contributed by atoms with Gasteiger partial charge in [-0.2, -0.15) is 0 Å². The van der Waals surface area contributed by atoms with Crippen LogP contribution < -0.4 is 10.2 Å². The lowest BCUT2D eigenvalue weighted by atomic mass is 10.2. The molecule has 2 rings (SSSR count). The first kappa shape index (κ1) is 11.1. The van der Waals surface area contributed by atoms with E-state index in [1.807, 2.05) is 6.07 Å². The molecule has 6 heteroatoms. The van der Waals surface area contributed by atoms with Crippen LogP contribution in [0.15, 0.2) is 22.8 Å². The van der Waals surface area contributed by atoms with Crippen molar-refractivity contribution in [1.82, 2.24) is 10.3 Å². The zero-order valence-electron chi connectivity index (χ0n) is 8.61. The van der Waals surface area contributed by atoms with Gasteiger partial charge in [0.1, 0.15) is 16.5 Å². The average Bonchev–Trinajstić information content (AvgIpc) is 2.23. The van der Waals surface area contributed by atoms with Crippen LogP contribution in [0.5, 0.6) is 0 Å². The molecule has 1 aliphatic rings. The van der Waals surface area contributed by atoms with Crippen molar-refractivity contribution in [3.05, 3.63) is 22.8 Å². The number of nitrogens with zero attached hydrogens (tertiary/aromatic N) is 2. The Hall–Kier alpha value is -1.43. The second kappa shape index (κ2) is 4.21. The smallest absolute Gasteiger partial charge is 0.249 e. The van der Waals surface area contributed by atoms with Crippen molar-refractivity contribution in [2.45, 2.75) is 13.0 Å². The maximum Gasteiger partial charge on any atom is 0.249 e. The van der Waals surface area contributed by atoms with Crippen LogP contribution in [0.2, 0.25) is 0 Å². The van der Waals surface area contributed by atoms with Crippen molar-refractivity contribution in [3.8, 4) is 0 Å². The van der Waals surface area contributed by atoms with Crippen LogP contribution in [0, 0.1) is 0 Å². The lowest BCUT2D eigenvalue weighted by molar-refractivity contribution is -0.132. The van der Waals surface area contributed by atoms with Crippen molar-refractivity contribution in [2.75, 3.05) is 11.4 Å². The van der Waals surface area contributed by atoms with E-state index in [0.29, 0.717) is 10.4 Å². The van der Waals surface area contributed by atoms with Crippen LogP contribution in [0.4, 0.5) is 5.82 Å². The lowest BCUT2D eigenvalue weighted by Gasteiger charge is -2.32. The minimum absolute atomic E-state index is 0.149. The predicted octanol–water partition coefficient (Wildman–Crippen LogP) is 0.695. The predicted molar refractivity (Wildman–Crippen MR) is 61.9 cm³/mol. The SMILES string of the molecule is CC1C(=O)NC(=O)CN1c1cccc(Br)n1. The van der Waals surface area contributed by atoms with E-state index in [9.17, 15) is 9.59 Å². The summed E-state index contributed by atoms with van der Waals surface area (Å²) in [4.78, 5) is 28.6. The number of carbonyl (C=O) groups excluding carboxylic acids is 2. The molecule has 2 heterocycles. The van der Waals surface area contributed by atoms with Crippen molar-refractivity contribution in [3.63, 3.8) is 0 Å². The molecular weight excluding hydrogens is 274 g/mol. The summed E-state index contributed by atoms with van der Waals surface area (Å²) in [7, 11) is 0. The van der Waals surface area contributed by atoms with Gasteiger partial charge >= 0.3 is 0 Å². The van der Waals surface area contributed by atoms with Gasteiger partial charge in [-0.1, -0.05) is 6.07 Å². The summed E-state index contributed by atoms with van der Waals surface area (Å²) in [5.41, 5.74) is 0. The number of pyridine rings is 1. The average molecular weight is 284 g/mol. The Kier molecular flexibility index (Phi) is 2.91. The van der Waals surface area contributed by atoms with Gasteiger partial charge in [-0.25, -0.2) is 4.98 Å². The molecular formula is C10H10BrN3O2. The molecule has 5 nitrogen and oxygen atoms in total. The summed E-state index contributed by atoms with van der Waals surface area (Å²) in [6.45, 7) is 1.89. The van der Waals surface area contributed by atoms with Crippen LogP contribution >= 0.6 is 15.9 Å². The van der Waals surface area contributed by atoms with Gasteiger partial charge in [0.2, 0.25) is 11.8 Å². The molecule has 16 heavy (non-hydrogen) atoms. The topological polar surface area (TPSA) is 62.3 Å². The largest absolute Gasteiger partial charge is 0.335 e. The third kappa shape index (κ3) is 2.06. The van der Waals surface area contributed by atoms with Crippen LogP contribution in [-0.2, 0) is 9.59 Å². The summed E-state index contributed by atoms with van der Waals surface area (Å²) in [6.07, 6.45) is 0. The molecule has 1 aliphatic heterocycles. The molecule has 1 unspecified atom stereocenters. The maximum atomic E-state index is 11.5. The molecule has 84 valence electrons. The highest BCUT2D eigenvalue weighted by molar-refractivity contribution is 9.10. The van der Waals surface area contributed by atoms with E-state index in [-0.39, 0.29) is 24.4 Å². The molecule has 0 saturated carbocycles. The number of nitrogens with one attached hydrogen (secondary N) is 1. The molecule has 1 saturated heterocycles. The fraction of sp³-hybridized carbons (Fsp3) is 0.300. The number of rotatable bonds is 1. The van der Waals surface area contributed by atoms with Gasteiger partial charge in [0.25, 0.3) is 0 Å². The Morgan fingerprint density at radius 3 is 2.94 bits per heavy atom. The number of halogens is 1. The van der Waals surface area contributed by atoms with Crippen LogP contribution in [-0.4, -0.2) is 29.4 Å². The number of anilines is 1. The third-order valence-electron chi connectivity index (χ3n) is 2.42. The third-order valence-corrected chi connectivity index (χ3v) is 2.86. The highest BCUT2D eigenvalue weighted by Crippen LogP contribution is 2.18. The molecule has 1 fully saturated rings. The van der Waals surface area contributed by atoms with Gasteiger partial charge < -0.3 is 4.90 Å². The number of carbonyl (C=O) groups is 2. The normalized spacial score (nSPS) is 20.9. The van der Waals surface area contributed by atoms with E-state index < -0.39 is 0 Å². The standard InChI is InChI=1S/C10H10BrN3O2/c1-6-10(16)13-9(15)5-14(6)8-4-2-3-7(11)12-8/h2-4,6H,5H2,1H3,(H,13,15,16). The fourth-order valence-electron chi connectivity index (χ4n) is 1.55. The summed E-state index contributed by atoms with van der Waals surface area (Å²) < 4.78 is 0.677. The van der Waals surface area contributed by atoms with Gasteiger partial charge in [0.15, 0.2) is 0 Å². The number of hydrogen-bond acceptors (Lipinski definition) is 4. The number of aromatic nitrogens is 1. The Labute approximate surface area is 101 Å². The van der Waals surface area contributed by atoms with Gasteiger partial charge in [0.05, 0.1) is 6.54 Å². The van der Waals surface area contributed by atoms with Crippen molar-refractivity contribution in [1.29, 1.82) is 0 Å². The molecule has 1 aromatic rings. The summed E-state index contributed by atoms with van der Waals surface area (Å²) in [6, 6.07) is 4.99. The van der Waals surface area contributed by atoms with Gasteiger partial charge in [-0.05, 0) is 35.0 Å². The molecule has 1 aromatic heterocycles. The summed E-state index contributed by atoms with van der Waals surface area (Å²) in [5.74, 6) is 0.0213. The quantitative estimate of drug-likeness (QED) is 0.609. The van der Waals surface area contributed by atoms with Gasteiger partial charge in [-0.15, -0.1) is 0 Å². The van der Waals surface area contributed by atoms with Crippen molar-refractivity contribution < 1.29 is 9.59 Å². The minimum atomic E-state index is -0.389. The van der Waals surface area contributed by atoms with Gasteiger partial charge in [-0.3, -0.25) is 14.9 Å². The zero-order valence-corrected chi connectivity index (χ0v) is 10.2. The van der Waals surface area contributed by atoms with Crippen molar-refractivity contribution in [2.24, 2.45) is 0 Å². The van der Waals surface area contributed by atoms with Crippen LogP contribution in [0.3, 0.4) is 0 Å². The second-order valence-electron chi connectivity index (χ2n) is 3.53. The minimum Gasteiger partial charge on any atom is -0.335 e. The Morgan fingerprint density at radius 2 is 2.25 bits per heavy atom. The Morgan fingerprint density at radius 1 is 1.50 bits per heavy atom. The molecule has 0 aliphatic carbocycles. The Bertz CT molecular complexity index is 449. The molecule has 1 N–H and O–H groups in total. The highest BCUT2D eigenvalue weighted by atomic mass is 79.9. The van der Waals surface area contributed by atoms with E-state index in [4.69, 9.17) is 0 Å². The van der Waals surface area contributed by atoms with Crippen molar-refractivity contribution >= 4 is 33.6 Å². The zero-order chi connectivity index (χ0) is 11.7. The molecule has 2 amide bonds.